The van der Waals surface area contributed by atoms with Crippen molar-refractivity contribution >= 4 is 18.0 Å². The quantitative estimate of drug-likeness (QED) is 0.435. The second-order valence-electron chi connectivity index (χ2n) is 7.50. The Kier molecular flexibility index (Phi) is 15.0. The van der Waals surface area contributed by atoms with Crippen molar-refractivity contribution in [3.63, 3.8) is 0 Å². The third-order valence-electron chi connectivity index (χ3n) is 3.40. The highest BCUT2D eigenvalue weighted by Crippen LogP contribution is 2.06. The van der Waals surface area contributed by atoms with Gasteiger partial charge in [0.25, 0.3) is 5.91 Å². The summed E-state index contributed by atoms with van der Waals surface area (Å²) in [5, 5.41) is 13.2. The Hall–Kier alpha value is -4.37. The molecule has 0 heterocycles. The highest BCUT2D eigenvalue weighted by atomic mass is 19.1. The van der Waals surface area contributed by atoms with Gasteiger partial charge in [-0.05, 0) is 69.3 Å². The lowest BCUT2D eigenvalue weighted by Crippen LogP contribution is -2.37. The molecule has 36 heavy (non-hydrogen) atoms. The van der Waals surface area contributed by atoms with Crippen LogP contribution in [0.5, 0.6) is 0 Å². The van der Waals surface area contributed by atoms with Gasteiger partial charge in [-0.2, -0.15) is 0 Å². The van der Waals surface area contributed by atoms with Crippen LogP contribution in [-0.2, 0) is 14.3 Å². The van der Waals surface area contributed by atoms with Gasteiger partial charge < -0.3 is 20.5 Å². The SMILES string of the molecule is CC.CC(C)(C)OC(=O)NCCNC(=O)C#Cc1ccc(F)cc1.O=C(O)C#Cc1ccc(F)cc1. The Bertz CT molecular complexity index is 1100. The van der Waals surface area contributed by atoms with Crippen LogP contribution in [0.15, 0.2) is 48.5 Å². The zero-order valence-corrected chi connectivity index (χ0v) is 20.9. The van der Waals surface area contributed by atoms with Crippen LogP contribution in [0.1, 0.15) is 45.7 Å². The van der Waals surface area contributed by atoms with E-state index in [1.54, 1.807) is 20.8 Å². The number of aliphatic carboxylic acids is 1. The van der Waals surface area contributed by atoms with Crippen molar-refractivity contribution in [3.05, 3.63) is 71.3 Å². The molecule has 7 nitrogen and oxygen atoms in total. The number of halogens is 2. The average Bonchev–Trinajstić information content (AvgIpc) is 2.82. The van der Waals surface area contributed by atoms with E-state index in [2.05, 4.69) is 28.4 Å². The zero-order chi connectivity index (χ0) is 27.6. The summed E-state index contributed by atoms with van der Waals surface area (Å²) in [6.45, 7) is 9.76. The summed E-state index contributed by atoms with van der Waals surface area (Å²) in [4.78, 5) is 32.8. The van der Waals surface area contributed by atoms with Gasteiger partial charge in [0.2, 0.25) is 0 Å². The molecule has 0 spiro atoms. The lowest BCUT2D eigenvalue weighted by atomic mass is 10.2. The van der Waals surface area contributed by atoms with Crippen LogP contribution >= 0.6 is 0 Å². The van der Waals surface area contributed by atoms with Crippen molar-refractivity contribution in [3.8, 4) is 23.7 Å². The molecule has 0 unspecified atom stereocenters. The second-order valence-corrected chi connectivity index (χ2v) is 7.50. The van der Waals surface area contributed by atoms with Crippen molar-refractivity contribution < 1.29 is 33.0 Å². The maximum Gasteiger partial charge on any atom is 0.407 e. The number of rotatable bonds is 3. The third-order valence-corrected chi connectivity index (χ3v) is 3.40. The molecule has 192 valence electrons. The van der Waals surface area contributed by atoms with Gasteiger partial charge in [0, 0.05) is 36.1 Å². The van der Waals surface area contributed by atoms with Crippen LogP contribution < -0.4 is 10.6 Å². The van der Waals surface area contributed by atoms with Crippen LogP contribution in [0.25, 0.3) is 0 Å². The highest BCUT2D eigenvalue weighted by Gasteiger charge is 2.15. The van der Waals surface area contributed by atoms with Crippen molar-refractivity contribution in [1.82, 2.24) is 10.6 Å². The first-order valence-electron chi connectivity index (χ1n) is 11.0. The predicted octanol–water partition coefficient (Wildman–Crippen LogP) is 4.11. The summed E-state index contributed by atoms with van der Waals surface area (Å²) in [6, 6.07) is 10.8. The summed E-state index contributed by atoms with van der Waals surface area (Å²) in [7, 11) is 0. The van der Waals surface area contributed by atoms with Crippen molar-refractivity contribution in [2.45, 2.75) is 40.2 Å². The Morgan fingerprint density at radius 2 is 1.22 bits per heavy atom. The zero-order valence-electron chi connectivity index (χ0n) is 20.9. The Morgan fingerprint density at radius 1 is 0.806 bits per heavy atom. The number of amides is 2. The summed E-state index contributed by atoms with van der Waals surface area (Å²) < 4.78 is 30.0. The molecule has 0 radical (unpaired) electrons. The van der Waals surface area contributed by atoms with Crippen LogP contribution in [0, 0.1) is 35.3 Å². The van der Waals surface area contributed by atoms with Crippen LogP contribution in [0.3, 0.4) is 0 Å². The maximum atomic E-state index is 12.7. The number of carboxylic acid groups (broad SMARTS) is 1. The summed E-state index contributed by atoms with van der Waals surface area (Å²) in [6.07, 6.45) is -0.542. The second kappa shape index (κ2) is 17.1. The molecule has 2 aromatic rings. The largest absolute Gasteiger partial charge is 0.472 e. The Labute approximate surface area is 210 Å². The first-order valence-corrected chi connectivity index (χ1v) is 11.0. The van der Waals surface area contributed by atoms with Crippen LogP contribution in [0.2, 0.25) is 0 Å². The molecule has 0 aliphatic heterocycles. The monoisotopic (exact) mass is 500 g/mol. The fourth-order valence-electron chi connectivity index (χ4n) is 2.02. The Balaban J connectivity index is 0.000000735. The number of hydrogen-bond acceptors (Lipinski definition) is 4. The van der Waals surface area contributed by atoms with Gasteiger partial charge in [0.05, 0.1) is 0 Å². The van der Waals surface area contributed by atoms with E-state index in [1.807, 2.05) is 19.8 Å². The molecule has 0 aromatic heterocycles. The molecule has 9 heteroatoms. The molecule has 0 saturated heterocycles. The molecule has 2 aromatic carbocycles. The number of alkyl carbamates (subject to hydrolysis) is 1. The van der Waals surface area contributed by atoms with E-state index >= 15 is 0 Å². The van der Waals surface area contributed by atoms with Crippen molar-refractivity contribution in [2.75, 3.05) is 13.1 Å². The molecule has 2 rings (SSSR count). The minimum absolute atomic E-state index is 0.232. The fourth-order valence-corrected chi connectivity index (χ4v) is 2.02. The lowest BCUT2D eigenvalue weighted by molar-refractivity contribution is -0.130. The first kappa shape index (κ1) is 31.6. The van der Waals surface area contributed by atoms with Gasteiger partial charge in [-0.15, -0.1) is 0 Å². The molecule has 0 aliphatic carbocycles. The van der Waals surface area contributed by atoms with E-state index in [1.165, 1.54) is 48.5 Å². The fraction of sp³-hybridized carbons (Fsp3) is 0.296. The molecule has 0 aliphatic rings. The molecular weight excluding hydrogens is 470 g/mol. The summed E-state index contributed by atoms with van der Waals surface area (Å²) >= 11 is 0. The number of benzene rings is 2. The first-order chi connectivity index (χ1) is 16.9. The highest BCUT2D eigenvalue weighted by molar-refractivity contribution is 5.94. The van der Waals surface area contributed by atoms with Gasteiger partial charge in [-0.25, -0.2) is 18.4 Å². The number of ether oxygens (including phenoxy) is 1. The summed E-state index contributed by atoms with van der Waals surface area (Å²) in [5.74, 6) is 6.88. The smallest absolute Gasteiger partial charge is 0.407 e. The number of hydrogen-bond donors (Lipinski definition) is 3. The third kappa shape index (κ3) is 17.2. The van der Waals surface area contributed by atoms with Gasteiger partial charge in [0.15, 0.2) is 0 Å². The minimum atomic E-state index is -1.20. The topological polar surface area (TPSA) is 105 Å². The number of carbonyl (C=O) groups is 3. The van der Waals surface area contributed by atoms with E-state index < -0.39 is 23.6 Å². The normalized spacial score (nSPS) is 9.19. The van der Waals surface area contributed by atoms with Gasteiger partial charge in [0.1, 0.15) is 17.2 Å². The molecule has 3 N–H and O–H groups in total. The van der Waals surface area contributed by atoms with E-state index in [-0.39, 0.29) is 24.7 Å². The number of nitrogens with one attached hydrogen (secondary N) is 2. The van der Waals surface area contributed by atoms with E-state index in [4.69, 9.17) is 9.84 Å². The van der Waals surface area contributed by atoms with E-state index in [0.29, 0.717) is 11.1 Å². The summed E-state index contributed by atoms with van der Waals surface area (Å²) in [5.41, 5.74) is 0.468. The molecule has 0 saturated carbocycles. The van der Waals surface area contributed by atoms with Gasteiger partial charge in [-0.3, -0.25) is 4.79 Å². The standard InChI is InChI=1S/C16H19FN2O3.C9H5FO2.C2H6/c1-16(2,3)22-15(21)19-11-10-18-14(20)9-6-12-4-7-13(17)8-5-12;10-8-4-1-7(2-5-8)3-6-9(11)12;1-2/h4-5,7-8H,10-11H2,1-3H3,(H,18,20)(H,19,21);1-2,4-5H,(H,11,12);1-2H3. The number of carbonyl (C=O) groups excluding carboxylic acids is 2. The lowest BCUT2D eigenvalue weighted by Gasteiger charge is -2.19. The minimum Gasteiger partial charge on any atom is -0.472 e. The molecule has 2 amide bonds. The van der Waals surface area contributed by atoms with Crippen LogP contribution in [0.4, 0.5) is 13.6 Å². The number of carboxylic acids is 1. The molecule has 0 atom stereocenters. The maximum absolute atomic E-state index is 12.7. The average molecular weight is 501 g/mol. The molecular formula is C27H30F2N2O5. The Morgan fingerprint density at radius 3 is 1.64 bits per heavy atom. The van der Waals surface area contributed by atoms with Crippen molar-refractivity contribution in [2.24, 2.45) is 0 Å². The van der Waals surface area contributed by atoms with Crippen molar-refractivity contribution in [1.29, 1.82) is 0 Å². The van der Waals surface area contributed by atoms with E-state index in [9.17, 15) is 23.2 Å². The van der Waals surface area contributed by atoms with Crippen LogP contribution in [-0.4, -0.2) is 41.8 Å². The predicted molar refractivity (Wildman–Crippen MR) is 133 cm³/mol. The van der Waals surface area contributed by atoms with E-state index in [0.717, 1.165) is 0 Å². The van der Waals surface area contributed by atoms with Gasteiger partial charge in [-0.1, -0.05) is 25.7 Å². The van der Waals surface area contributed by atoms with Gasteiger partial charge >= 0.3 is 12.1 Å². The molecule has 0 fully saturated rings. The molecule has 0 bridgehead atoms.